The van der Waals surface area contributed by atoms with Crippen molar-refractivity contribution < 1.29 is 9.47 Å². The third-order valence-corrected chi connectivity index (χ3v) is 6.57. The first-order chi connectivity index (χ1) is 13.7. The minimum absolute atomic E-state index is 0. The van der Waals surface area contributed by atoms with Crippen LogP contribution in [0.2, 0.25) is 0 Å². The van der Waals surface area contributed by atoms with Gasteiger partial charge in [0.2, 0.25) is 0 Å². The third-order valence-electron chi connectivity index (χ3n) is 5.59. The predicted octanol–water partition coefficient (Wildman–Crippen LogP) is 2.01. The average Bonchev–Trinajstić information content (AvgIpc) is 3.26. The number of thiophene rings is 1. The summed E-state index contributed by atoms with van der Waals surface area (Å²) in [5.41, 5.74) is 0. The number of hydrogen-bond donors (Lipinski definition) is 2. The molecule has 0 aliphatic carbocycles. The lowest BCUT2D eigenvalue weighted by atomic mass is 10.2. The fourth-order valence-electron chi connectivity index (χ4n) is 3.95. The van der Waals surface area contributed by atoms with E-state index in [1.807, 2.05) is 18.4 Å². The number of nitrogens with one attached hydrogen (secondary N) is 2. The average molecular weight is 538 g/mol. The van der Waals surface area contributed by atoms with E-state index in [1.165, 1.54) is 4.88 Å². The highest BCUT2D eigenvalue weighted by atomic mass is 127. The van der Waals surface area contributed by atoms with Gasteiger partial charge >= 0.3 is 0 Å². The van der Waals surface area contributed by atoms with Gasteiger partial charge in [0.05, 0.1) is 32.5 Å². The van der Waals surface area contributed by atoms with Gasteiger partial charge in [0.25, 0.3) is 0 Å². The smallest absolute Gasteiger partial charge is 0.191 e. The Morgan fingerprint density at radius 1 is 1.21 bits per heavy atom. The Labute approximate surface area is 196 Å². The minimum atomic E-state index is 0. The second-order valence-electron chi connectivity index (χ2n) is 7.52. The highest BCUT2D eigenvalue weighted by molar-refractivity contribution is 14.0. The van der Waals surface area contributed by atoms with Crippen molar-refractivity contribution in [2.75, 3.05) is 66.2 Å². The summed E-state index contributed by atoms with van der Waals surface area (Å²) >= 11 is 1.82. The number of nitrogens with zero attached hydrogens (tertiary/aromatic N) is 3. The zero-order valence-corrected chi connectivity index (χ0v) is 20.9. The van der Waals surface area contributed by atoms with Crippen LogP contribution in [0, 0.1) is 0 Å². The number of aliphatic imine (C=N–C) groups is 1. The van der Waals surface area contributed by atoms with Gasteiger partial charge in [-0.05, 0) is 25.3 Å². The van der Waals surface area contributed by atoms with Crippen molar-refractivity contribution in [2.24, 2.45) is 4.99 Å². The molecular weight excluding hydrogens is 501 g/mol. The van der Waals surface area contributed by atoms with E-state index in [2.05, 4.69) is 56.8 Å². The molecule has 9 heteroatoms. The van der Waals surface area contributed by atoms with Crippen molar-refractivity contribution >= 4 is 41.3 Å². The molecule has 0 saturated carbocycles. The van der Waals surface area contributed by atoms with E-state index in [0.29, 0.717) is 18.1 Å². The van der Waals surface area contributed by atoms with Crippen LogP contribution < -0.4 is 10.6 Å². The monoisotopic (exact) mass is 537 g/mol. The number of halogens is 1. The fourth-order valence-corrected chi connectivity index (χ4v) is 4.81. The predicted molar refractivity (Wildman–Crippen MR) is 131 cm³/mol. The Morgan fingerprint density at radius 2 is 1.93 bits per heavy atom. The second kappa shape index (κ2) is 13.1. The molecule has 2 N–H and O–H groups in total. The molecule has 0 aromatic carbocycles. The van der Waals surface area contributed by atoms with E-state index in [-0.39, 0.29) is 24.0 Å². The molecule has 3 rings (SSSR count). The van der Waals surface area contributed by atoms with Crippen molar-refractivity contribution in [1.29, 1.82) is 0 Å². The molecule has 0 amide bonds. The minimum Gasteiger partial charge on any atom is -0.379 e. The quantitative estimate of drug-likeness (QED) is 0.316. The summed E-state index contributed by atoms with van der Waals surface area (Å²) in [5, 5.41) is 9.21. The molecule has 29 heavy (non-hydrogen) atoms. The first-order valence-electron chi connectivity index (χ1n) is 10.3. The lowest BCUT2D eigenvalue weighted by Crippen LogP contribution is -2.53. The summed E-state index contributed by atoms with van der Waals surface area (Å²) in [6.45, 7) is 12.4. The molecule has 2 fully saturated rings. The summed E-state index contributed by atoms with van der Waals surface area (Å²) in [4.78, 5) is 10.8. The van der Waals surface area contributed by atoms with E-state index in [9.17, 15) is 0 Å². The number of guanidine groups is 1. The Morgan fingerprint density at radius 3 is 2.59 bits per heavy atom. The largest absolute Gasteiger partial charge is 0.379 e. The van der Waals surface area contributed by atoms with Crippen molar-refractivity contribution in [2.45, 2.75) is 32.0 Å². The lowest BCUT2D eigenvalue weighted by molar-refractivity contribution is -0.0174. The molecular formula is C20H36IN5O2S. The van der Waals surface area contributed by atoms with Crippen LogP contribution in [0.3, 0.4) is 0 Å². The van der Waals surface area contributed by atoms with Crippen molar-refractivity contribution in [1.82, 2.24) is 20.4 Å². The van der Waals surface area contributed by atoms with Gasteiger partial charge in [-0.25, -0.2) is 0 Å². The van der Waals surface area contributed by atoms with Gasteiger partial charge in [0.1, 0.15) is 0 Å². The molecule has 3 atom stereocenters. The van der Waals surface area contributed by atoms with Gasteiger partial charge in [0.15, 0.2) is 5.96 Å². The maximum Gasteiger partial charge on any atom is 0.191 e. The van der Waals surface area contributed by atoms with Crippen LogP contribution in [0.1, 0.15) is 24.8 Å². The maximum atomic E-state index is 5.56. The van der Waals surface area contributed by atoms with Gasteiger partial charge in [-0.1, -0.05) is 6.07 Å². The van der Waals surface area contributed by atoms with E-state index in [1.54, 1.807) is 0 Å². The van der Waals surface area contributed by atoms with Crippen molar-refractivity contribution in [3.05, 3.63) is 22.4 Å². The topological polar surface area (TPSA) is 61.4 Å². The van der Waals surface area contributed by atoms with Gasteiger partial charge in [-0.2, -0.15) is 0 Å². The standard InChI is InChI=1S/C20H35N5O2S.HI/c1-16(25-8-11-27-15-17(25)2)13-22-20(21-3)23-14-18(19-5-4-12-28-19)24-6-9-26-10-7-24;/h4-5,12,16-18H,6-11,13-15H2,1-3H3,(H2,21,22,23);1H. The number of morpholine rings is 2. The van der Waals surface area contributed by atoms with Gasteiger partial charge in [-0.15, -0.1) is 35.3 Å². The van der Waals surface area contributed by atoms with E-state index in [0.717, 1.165) is 65.1 Å². The van der Waals surface area contributed by atoms with Crippen LogP contribution in [0.5, 0.6) is 0 Å². The van der Waals surface area contributed by atoms with Crippen LogP contribution in [-0.2, 0) is 9.47 Å². The zero-order chi connectivity index (χ0) is 19.8. The molecule has 1 aromatic rings. The molecule has 2 saturated heterocycles. The molecule has 166 valence electrons. The summed E-state index contributed by atoms with van der Waals surface area (Å²) in [5.74, 6) is 0.863. The molecule has 0 bridgehead atoms. The summed E-state index contributed by atoms with van der Waals surface area (Å²) < 4.78 is 11.1. The summed E-state index contributed by atoms with van der Waals surface area (Å²) in [6, 6.07) is 5.60. The number of ether oxygens (including phenoxy) is 2. The van der Waals surface area contributed by atoms with Crippen molar-refractivity contribution in [3.63, 3.8) is 0 Å². The maximum absolute atomic E-state index is 5.56. The molecule has 3 heterocycles. The third kappa shape index (κ3) is 7.32. The normalized spacial score (nSPS) is 23.8. The molecule has 7 nitrogen and oxygen atoms in total. The fraction of sp³-hybridized carbons (Fsp3) is 0.750. The van der Waals surface area contributed by atoms with Crippen LogP contribution in [0.25, 0.3) is 0 Å². The number of hydrogen-bond acceptors (Lipinski definition) is 6. The van der Waals surface area contributed by atoms with Crippen LogP contribution >= 0.6 is 35.3 Å². The van der Waals surface area contributed by atoms with Gasteiger partial charge < -0.3 is 20.1 Å². The highest BCUT2D eigenvalue weighted by Gasteiger charge is 2.25. The van der Waals surface area contributed by atoms with Gasteiger partial charge in [0, 0.05) is 56.7 Å². The van der Waals surface area contributed by atoms with Crippen molar-refractivity contribution in [3.8, 4) is 0 Å². The Kier molecular flexibility index (Phi) is 11.2. The van der Waals surface area contributed by atoms with Crippen LogP contribution in [-0.4, -0.2) is 94.0 Å². The van der Waals surface area contributed by atoms with E-state index < -0.39 is 0 Å². The van der Waals surface area contributed by atoms with E-state index in [4.69, 9.17) is 9.47 Å². The van der Waals surface area contributed by atoms with Gasteiger partial charge in [-0.3, -0.25) is 14.8 Å². The molecule has 2 aliphatic heterocycles. The lowest BCUT2D eigenvalue weighted by Gasteiger charge is -2.38. The molecule has 0 radical (unpaired) electrons. The summed E-state index contributed by atoms with van der Waals surface area (Å²) in [7, 11) is 1.84. The Bertz CT molecular complexity index is 598. The zero-order valence-electron chi connectivity index (χ0n) is 17.8. The molecule has 3 unspecified atom stereocenters. The van der Waals surface area contributed by atoms with Crippen LogP contribution in [0.15, 0.2) is 22.5 Å². The molecule has 1 aromatic heterocycles. The first-order valence-corrected chi connectivity index (χ1v) is 11.2. The first kappa shape index (κ1) is 24.8. The molecule has 2 aliphatic rings. The van der Waals surface area contributed by atoms with E-state index >= 15 is 0 Å². The van der Waals surface area contributed by atoms with Crippen LogP contribution in [0.4, 0.5) is 0 Å². The Balaban J connectivity index is 0.00000300. The second-order valence-corrected chi connectivity index (χ2v) is 8.50. The Hall–Kier alpha value is -0.460. The summed E-state index contributed by atoms with van der Waals surface area (Å²) in [6.07, 6.45) is 0. The molecule has 0 spiro atoms. The highest BCUT2D eigenvalue weighted by Crippen LogP contribution is 2.25. The number of rotatable bonds is 7. The SMILES string of the molecule is CN=C(NCC(c1cccs1)N1CCOCC1)NCC(C)N1CCOCC1C.I.